The number of alkyl halides is 4. The van der Waals surface area contributed by atoms with Gasteiger partial charge in [0.25, 0.3) is 0 Å². The predicted molar refractivity (Wildman–Crippen MR) is 159 cm³/mol. The Morgan fingerprint density at radius 3 is 2.60 bits per heavy atom. The molecule has 1 saturated heterocycles. The molecular formula is C28H31F5N3OPS2. The summed E-state index contributed by atoms with van der Waals surface area (Å²) in [6, 6.07) is 7.76. The highest BCUT2D eigenvalue weighted by Crippen LogP contribution is 2.41. The first-order valence-electron chi connectivity index (χ1n) is 12.6. The predicted octanol–water partition coefficient (Wildman–Crippen LogP) is 7.03. The van der Waals surface area contributed by atoms with E-state index in [-0.39, 0.29) is 22.3 Å². The number of likely N-dealkylation sites (tertiary alicyclic amines) is 1. The Kier molecular flexibility index (Phi) is 9.45. The Bertz CT molecular complexity index is 1490. The zero-order valence-corrected chi connectivity index (χ0v) is 25.1. The van der Waals surface area contributed by atoms with Crippen molar-refractivity contribution in [3.8, 4) is 11.8 Å². The third kappa shape index (κ3) is 7.14. The van der Waals surface area contributed by atoms with Crippen LogP contribution >= 0.6 is 30.2 Å². The van der Waals surface area contributed by atoms with Crippen LogP contribution in [0.2, 0.25) is 0 Å². The van der Waals surface area contributed by atoms with E-state index >= 15 is 0 Å². The molecule has 0 saturated carbocycles. The Morgan fingerprint density at radius 1 is 1.20 bits per heavy atom. The molecule has 0 radical (unpaired) electrons. The lowest BCUT2D eigenvalue weighted by molar-refractivity contribution is -0.126. The molecule has 2 N–H and O–H groups in total. The summed E-state index contributed by atoms with van der Waals surface area (Å²) in [6.45, 7) is 4.08. The van der Waals surface area contributed by atoms with Crippen LogP contribution in [0.3, 0.4) is 0 Å². The Hall–Kier alpha value is -2.25. The van der Waals surface area contributed by atoms with Crippen LogP contribution < -0.4 is 15.9 Å². The average Bonchev–Trinajstić information content (AvgIpc) is 3.19. The van der Waals surface area contributed by atoms with Gasteiger partial charge in [-0.2, -0.15) is 13.2 Å². The number of thiophene rings is 1. The first-order chi connectivity index (χ1) is 18.8. The molecule has 1 fully saturated rings. The molecule has 216 valence electrons. The summed E-state index contributed by atoms with van der Waals surface area (Å²) in [7, 11) is -0.955. The van der Waals surface area contributed by atoms with Gasteiger partial charge < -0.3 is 20.1 Å². The molecule has 1 aromatic heterocycles. The van der Waals surface area contributed by atoms with Gasteiger partial charge in [-0.3, -0.25) is 0 Å². The Morgan fingerprint density at radius 2 is 1.95 bits per heavy atom. The average molecular weight is 616 g/mol. The number of piperidine rings is 1. The topological polar surface area (TPSA) is 44.4 Å². The minimum atomic E-state index is -4.44. The van der Waals surface area contributed by atoms with Crippen LogP contribution in [0.15, 0.2) is 35.2 Å². The zero-order valence-electron chi connectivity index (χ0n) is 22.6. The largest absolute Gasteiger partial charge is 0.393 e. The molecule has 1 aliphatic rings. The van der Waals surface area contributed by atoms with E-state index in [1.165, 1.54) is 31.2 Å². The number of benzene rings is 2. The summed E-state index contributed by atoms with van der Waals surface area (Å²) in [4.78, 5) is 2.50. The summed E-state index contributed by atoms with van der Waals surface area (Å²) in [6.07, 6.45) is -4.38. The maximum absolute atomic E-state index is 15.0. The van der Waals surface area contributed by atoms with Crippen LogP contribution in [0, 0.1) is 17.7 Å². The highest BCUT2D eigenvalue weighted by atomic mass is 32.2. The van der Waals surface area contributed by atoms with Crippen molar-refractivity contribution in [3.63, 3.8) is 0 Å². The number of nitrogens with one attached hydrogen (secondary N) is 2. The van der Waals surface area contributed by atoms with E-state index in [2.05, 4.69) is 22.5 Å². The molecule has 0 unspecified atom stereocenters. The number of rotatable bonds is 7. The monoisotopic (exact) mass is 615 g/mol. The minimum absolute atomic E-state index is 0.0617. The number of thioether (sulfide) groups is 1. The van der Waals surface area contributed by atoms with Crippen LogP contribution in [0.4, 0.5) is 33.3 Å². The van der Waals surface area contributed by atoms with Crippen molar-refractivity contribution in [1.29, 1.82) is 0 Å². The molecule has 2 aromatic carbocycles. The third-order valence-corrected chi connectivity index (χ3v) is 10.2. The second-order valence-corrected chi connectivity index (χ2v) is 15.2. The van der Waals surface area contributed by atoms with Crippen LogP contribution in [-0.2, 0) is 11.0 Å². The second-order valence-electron chi connectivity index (χ2n) is 10.2. The van der Waals surface area contributed by atoms with Crippen LogP contribution in [0.25, 0.3) is 10.1 Å². The number of hydrogen-bond donors (Lipinski definition) is 2. The van der Waals surface area contributed by atoms with Gasteiger partial charge >= 0.3 is 6.18 Å². The Balaban J connectivity index is 1.62. The molecule has 4 nitrogen and oxygen atoms in total. The van der Waals surface area contributed by atoms with Gasteiger partial charge in [0.1, 0.15) is 19.1 Å². The molecule has 0 spiro atoms. The van der Waals surface area contributed by atoms with E-state index in [1.807, 2.05) is 11.9 Å². The first-order valence-corrected chi connectivity index (χ1v) is 17.3. The summed E-state index contributed by atoms with van der Waals surface area (Å²) in [5.74, 6) is 5.21. The van der Waals surface area contributed by atoms with Crippen molar-refractivity contribution in [3.05, 3.63) is 46.6 Å². The van der Waals surface area contributed by atoms with Crippen molar-refractivity contribution >= 4 is 57.0 Å². The zero-order chi connectivity index (χ0) is 29.2. The molecule has 0 aliphatic carbocycles. The molecule has 4 rings (SSSR count). The minimum Gasteiger partial charge on any atom is -0.378 e. The summed E-state index contributed by atoms with van der Waals surface area (Å²) < 4.78 is 83.3. The maximum Gasteiger partial charge on any atom is 0.393 e. The van der Waals surface area contributed by atoms with Crippen LogP contribution in [0.5, 0.6) is 0 Å². The highest BCUT2D eigenvalue weighted by Gasteiger charge is 2.32. The number of halogens is 5. The van der Waals surface area contributed by atoms with Gasteiger partial charge in [-0.1, -0.05) is 24.0 Å². The first kappa shape index (κ1) is 30.7. The molecule has 12 heteroatoms. The summed E-state index contributed by atoms with van der Waals surface area (Å²) in [5.41, 5.74) is 1.15. The maximum atomic E-state index is 15.0. The summed E-state index contributed by atoms with van der Waals surface area (Å²) >= 11 is 2.32. The van der Waals surface area contributed by atoms with Gasteiger partial charge in [0.15, 0.2) is 0 Å². The van der Waals surface area contributed by atoms with Crippen LogP contribution in [-0.4, -0.2) is 69.6 Å². The quantitative estimate of drug-likeness (QED) is 0.129. The molecule has 1 aliphatic heterocycles. The number of fused-ring (bicyclic) bond motifs is 1. The van der Waals surface area contributed by atoms with E-state index in [9.17, 15) is 26.5 Å². The lowest BCUT2D eigenvalue weighted by Gasteiger charge is -2.33. The van der Waals surface area contributed by atoms with E-state index in [1.54, 1.807) is 30.5 Å². The molecule has 40 heavy (non-hydrogen) atoms. The van der Waals surface area contributed by atoms with Crippen molar-refractivity contribution in [1.82, 2.24) is 4.90 Å². The molecule has 3 aromatic rings. The van der Waals surface area contributed by atoms with Crippen molar-refractivity contribution in [2.24, 2.45) is 0 Å². The van der Waals surface area contributed by atoms with Crippen molar-refractivity contribution in [2.75, 3.05) is 56.9 Å². The fourth-order valence-electron chi connectivity index (χ4n) is 4.74. The van der Waals surface area contributed by atoms with Gasteiger partial charge in [0.2, 0.25) is 0 Å². The second kappa shape index (κ2) is 12.3. The molecule has 2 heterocycles. The van der Waals surface area contributed by atoms with Gasteiger partial charge in [-0.25, -0.2) is 8.78 Å². The van der Waals surface area contributed by atoms with E-state index in [0.717, 1.165) is 17.9 Å². The Labute approximate surface area is 239 Å². The standard InChI is InChI=1S/C28H31F5N3OPS2/c1-36-14-12-20(19(29)16-36)35-22-8-5-7-17-18(15-28(31,32)33)24(40-26(17)22)9-6-13-34-21-10-11-23(38(2,3)37)25(30)27(21)39-4/h5,7-8,10-11,19-20,34-35H,12-16H2,1-4H3/t19-,20+/m0/s1. The highest BCUT2D eigenvalue weighted by molar-refractivity contribution is 7.98. The lowest BCUT2D eigenvalue weighted by Crippen LogP contribution is -2.46. The van der Waals surface area contributed by atoms with Gasteiger partial charge in [-0.05, 0) is 62.2 Å². The molecule has 0 amide bonds. The molecular weight excluding hydrogens is 584 g/mol. The SMILES string of the molecule is CSc1c(NCC#Cc2sc3c(N[C@@H]4CCN(C)C[C@@H]4F)cccc3c2CC(F)(F)F)ccc(P(C)(C)=O)c1F. The fourth-order valence-corrected chi connectivity index (χ4v) is 7.66. The van der Waals surface area contributed by atoms with Gasteiger partial charge in [0.05, 0.1) is 44.9 Å². The number of anilines is 2. The van der Waals surface area contributed by atoms with Gasteiger partial charge in [0, 0.05) is 18.4 Å². The van der Waals surface area contributed by atoms with E-state index in [0.29, 0.717) is 39.3 Å². The molecule has 0 bridgehead atoms. The van der Waals surface area contributed by atoms with Crippen LogP contribution in [0.1, 0.15) is 16.9 Å². The fraction of sp³-hybridized carbons (Fsp3) is 0.429. The number of hydrogen-bond acceptors (Lipinski definition) is 6. The number of nitrogens with zero attached hydrogens (tertiary/aromatic N) is 1. The van der Waals surface area contributed by atoms with Crippen molar-refractivity contribution in [2.45, 2.75) is 36.1 Å². The van der Waals surface area contributed by atoms with E-state index < -0.39 is 37.8 Å². The molecule has 2 atom stereocenters. The van der Waals surface area contributed by atoms with Crippen molar-refractivity contribution < 1.29 is 26.5 Å². The lowest BCUT2D eigenvalue weighted by atomic mass is 10.0. The smallest absolute Gasteiger partial charge is 0.378 e. The van der Waals surface area contributed by atoms with E-state index in [4.69, 9.17) is 0 Å². The third-order valence-electron chi connectivity index (χ3n) is 6.71. The normalized spacial score (nSPS) is 18.4. The van der Waals surface area contributed by atoms with Gasteiger partial charge in [-0.15, -0.1) is 23.1 Å². The summed E-state index contributed by atoms with van der Waals surface area (Å²) in [5, 5.41) is 6.87.